The molecule has 0 N–H and O–H groups in total. The highest BCUT2D eigenvalue weighted by Gasteiger charge is 2.72. The number of sulfone groups is 1. The molecule has 9 nitrogen and oxygen atoms in total. The number of hydrogen-bond acceptors (Lipinski definition) is 8. The number of hydrogen-bond donors (Lipinski definition) is 0. The fourth-order valence-electron chi connectivity index (χ4n) is 4.85. The number of ether oxygens (including phenoxy) is 1. The summed E-state index contributed by atoms with van der Waals surface area (Å²) in [5, 5.41) is 2.35. The maximum atomic E-state index is 13.9. The molecule has 2 aromatic carbocycles. The third-order valence-corrected chi connectivity index (χ3v) is 9.42. The van der Waals surface area contributed by atoms with Gasteiger partial charge >= 0.3 is 5.97 Å². The van der Waals surface area contributed by atoms with E-state index in [0.717, 1.165) is 11.1 Å². The molecule has 0 unspecified atom stereocenters. The number of pyridine rings is 1. The Bertz CT molecular complexity index is 1470. The molecule has 1 aromatic heterocycles. The van der Waals surface area contributed by atoms with E-state index >= 15 is 0 Å². The normalized spacial score (nSPS) is 24.9. The summed E-state index contributed by atoms with van der Waals surface area (Å²) < 4.78 is 31.8. The molecule has 2 saturated heterocycles. The van der Waals surface area contributed by atoms with Gasteiger partial charge in [0.2, 0.25) is 0 Å². The fourth-order valence-corrected chi connectivity index (χ4v) is 7.07. The summed E-state index contributed by atoms with van der Waals surface area (Å²) in [6.07, 6.45) is 3.20. The van der Waals surface area contributed by atoms with Gasteiger partial charge in [-0.05, 0) is 36.3 Å². The molecule has 3 aromatic rings. The number of carbonyl (C=O) groups excluding carboxylic acids is 2. The van der Waals surface area contributed by atoms with Gasteiger partial charge < -0.3 is 14.5 Å². The summed E-state index contributed by atoms with van der Waals surface area (Å²) in [5.41, 5.74) is 1.85. The van der Waals surface area contributed by atoms with E-state index in [1.54, 1.807) is 24.4 Å². The Balaban J connectivity index is 1.56. The van der Waals surface area contributed by atoms with Crippen molar-refractivity contribution in [1.82, 2.24) is 9.88 Å². The smallest absolute Gasteiger partial charge is 0.331 e. The molecule has 38 heavy (non-hydrogen) atoms. The van der Waals surface area contributed by atoms with Crippen molar-refractivity contribution >= 4 is 34.0 Å². The average Bonchev–Trinajstić information content (AvgIpc) is 3.10. The number of rotatable bonds is 7. The minimum atomic E-state index is -4.18. The first kappa shape index (κ1) is 25.3. The summed E-state index contributed by atoms with van der Waals surface area (Å²) in [6.45, 7) is 1.35. The molecule has 2 aliphatic rings. The number of esters is 1. The van der Waals surface area contributed by atoms with Crippen LogP contribution in [-0.2, 0) is 29.0 Å². The third kappa shape index (κ3) is 4.06. The van der Waals surface area contributed by atoms with Gasteiger partial charge in [-0.3, -0.25) is 9.78 Å². The van der Waals surface area contributed by atoms with Gasteiger partial charge in [0.1, 0.15) is 11.9 Å². The molecule has 0 bridgehead atoms. The number of amides is 1. The summed E-state index contributed by atoms with van der Waals surface area (Å²) in [7, 11) is -2.92. The largest absolute Gasteiger partial charge is 0.451 e. The van der Waals surface area contributed by atoms with Crippen LogP contribution in [0.1, 0.15) is 29.8 Å². The van der Waals surface area contributed by atoms with Crippen molar-refractivity contribution in [1.29, 1.82) is 0 Å². The van der Waals surface area contributed by atoms with Gasteiger partial charge in [-0.1, -0.05) is 71.9 Å². The zero-order valence-corrected chi connectivity index (χ0v) is 21.5. The minimum absolute atomic E-state index is 0.0266. The Morgan fingerprint density at radius 3 is 2.18 bits per heavy atom. The van der Waals surface area contributed by atoms with Crippen molar-refractivity contribution in [3.8, 4) is 0 Å². The number of nitrogens with zero attached hydrogens (tertiary/aromatic N) is 3. The topological polar surface area (TPSA) is 115 Å². The molecule has 10 heteroatoms. The summed E-state index contributed by atoms with van der Waals surface area (Å²) in [5.74, 6) is -1.46. The molecule has 0 saturated carbocycles. The van der Waals surface area contributed by atoms with Crippen LogP contribution in [-0.4, -0.2) is 59.7 Å². The third-order valence-electron chi connectivity index (χ3n) is 6.80. The SMILES string of the molecule is CON=C[C@@]1(C)[C@H](C(=O)OC(c2ccccc2)c2ccccc2)N2C(=O)C(=Cc3ccccn3)[C@H]2S1(=O)=O. The molecular formula is C28H25N3O6S. The van der Waals surface area contributed by atoms with Gasteiger partial charge in [-0.15, -0.1) is 0 Å². The van der Waals surface area contributed by atoms with Crippen LogP contribution in [0.4, 0.5) is 0 Å². The first-order valence-corrected chi connectivity index (χ1v) is 13.4. The number of β-lactam (4-membered cyclic amide) rings is 1. The van der Waals surface area contributed by atoms with Gasteiger partial charge in [0.25, 0.3) is 5.91 Å². The van der Waals surface area contributed by atoms with Crippen LogP contribution in [0.5, 0.6) is 0 Å². The maximum Gasteiger partial charge on any atom is 0.331 e. The van der Waals surface area contributed by atoms with Crippen molar-refractivity contribution < 1.29 is 27.6 Å². The molecule has 3 atom stereocenters. The first-order chi connectivity index (χ1) is 18.3. The van der Waals surface area contributed by atoms with Crippen LogP contribution < -0.4 is 0 Å². The standard InChI is InChI=1S/C28H25N3O6S/c1-28(18-30-36-2)24(27(33)37-23(19-11-5-3-6-12-19)20-13-7-4-8-14-20)31-25(32)22(26(31)38(28,34)35)17-21-15-9-10-16-29-21/h3-18,23-24,26H,1-2H3/t24-,26+,28-/m0/s1. The van der Waals surface area contributed by atoms with Crippen LogP contribution in [0.15, 0.2) is 95.8 Å². The second kappa shape index (κ2) is 9.86. The van der Waals surface area contributed by atoms with Crippen molar-refractivity contribution in [2.45, 2.75) is 29.2 Å². The summed E-state index contributed by atoms with van der Waals surface area (Å²) >= 11 is 0. The highest BCUT2D eigenvalue weighted by molar-refractivity contribution is 7.94. The molecule has 3 heterocycles. The Morgan fingerprint density at radius 2 is 1.63 bits per heavy atom. The van der Waals surface area contributed by atoms with Crippen molar-refractivity contribution in [2.75, 3.05) is 7.11 Å². The van der Waals surface area contributed by atoms with Crippen LogP contribution in [0.2, 0.25) is 0 Å². The van der Waals surface area contributed by atoms with Crippen molar-refractivity contribution in [3.05, 3.63) is 107 Å². The van der Waals surface area contributed by atoms with E-state index in [1.807, 2.05) is 60.7 Å². The summed E-state index contributed by atoms with van der Waals surface area (Å²) in [4.78, 5) is 37.2. The van der Waals surface area contributed by atoms with Crippen LogP contribution in [0.25, 0.3) is 6.08 Å². The molecule has 5 rings (SSSR count). The van der Waals surface area contributed by atoms with Crippen LogP contribution in [0.3, 0.4) is 0 Å². The van der Waals surface area contributed by atoms with Crippen LogP contribution >= 0.6 is 0 Å². The highest BCUT2D eigenvalue weighted by atomic mass is 32.2. The van der Waals surface area contributed by atoms with E-state index in [4.69, 9.17) is 9.57 Å². The van der Waals surface area contributed by atoms with Crippen molar-refractivity contribution in [2.24, 2.45) is 5.16 Å². The minimum Gasteiger partial charge on any atom is -0.451 e. The number of carbonyl (C=O) groups is 2. The predicted octanol–water partition coefficient (Wildman–Crippen LogP) is 3.15. The number of aromatic nitrogens is 1. The second-order valence-electron chi connectivity index (χ2n) is 9.11. The average molecular weight is 532 g/mol. The number of benzene rings is 2. The van der Waals surface area contributed by atoms with Gasteiger partial charge in [0.15, 0.2) is 27.4 Å². The molecule has 2 aliphatic heterocycles. The molecule has 1 amide bonds. The fraction of sp³-hybridized carbons (Fsp3) is 0.214. The van der Waals surface area contributed by atoms with Gasteiger partial charge in [0.05, 0.1) is 17.5 Å². The monoisotopic (exact) mass is 531 g/mol. The number of oxime groups is 1. The zero-order chi connectivity index (χ0) is 26.9. The molecule has 0 aliphatic carbocycles. The number of fused-ring (bicyclic) bond motifs is 1. The van der Waals surface area contributed by atoms with Gasteiger partial charge in [-0.25, -0.2) is 13.2 Å². The van der Waals surface area contributed by atoms with Crippen molar-refractivity contribution in [3.63, 3.8) is 0 Å². The maximum absolute atomic E-state index is 13.9. The molecule has 194 valence electrons. The van der Waals surface area contributed by atoms with E-state index in [-0.39, 0.29) is 5.57 Å². The Hall–Kier alpha value is -4.31. The lowest BCUT2D eigenvalue weighted by Crippen LogP contribution is -2.59. The molecule has 0 spiro atoms. The zero-order valence-electron chi connectivity index (χ0n) is 20.7. The molecule has 0 radical (unpaired) electrons. The predicted molar refractivity (Wildman–Crippen MR) is 140 cm³/mol. The lowest BCUT2D eigenvalue weighted by molar-refractivity contribution is -0.160. The molecular weight excluding hydrogens is 506 g/mol. The summed E-state index contributed by atoms with van der Waals surface area (Å²) in [6, 6.07) is 21.8. The van der Waals surface area contributed by atoms with E-state index in [0.29, 0.717) is 16.8 Å². The molecule has 2 fully saturated rings. The van der Waals surface area contributed by atoms with E-state index in [2.05, 4.69) is 10.1 Å². The lowest BCUT2D eigenvalue weighted by Gasteiger charge is -2.38. The Kier molecular flexibility index (Phi) is 6.58. The van der Waals surface area contributed by atoms with Gasteiger partial charge in [0, 0.05) is 6.20 Å². The first-order valence-electron chi connectivity index (χ1n) is 11.9. The van der Waals surface area contributed by atoms with Crippen LogP contribution in [0, 0.1) is 0 Å². The van der Waals surface area contributed by atoms with E-state index < -0.39 is 44.0 Å². The highest BCUT2D eigenvalue weighted by Crippen LogP contribution is 2.49. The van der Waals surface area contributed by atoms with E-state index in [9.17, 15) is 18.0 Å². The Morgan fingerprint density at radius 1 is 1.03 bits per heavy atom. The lowest BCUT2D eigenvalue weighted by atomic mass is 9.94. The van der Waals surface area contributed by atoms with Gasteiger partial charge in [-0.2, -0.15) is 0 Å². The Labute approximate surface area is 220 Å². The quantitative estimate of drug-likeness (QED) is 0.151. The second-order valence-corrected chi connectivity index (χ2v) is 11.5. The van der Waals surface area contributed by atoms with E-state index in [1.165, 1.54) is 20.1 Å².